The molecule has 0 amide bonds. The minimum atomic E-state index is -2.37. The van der Waals surface area contributed by atoms with Crippen LogP contribution in [-0.2, 0) is 0 Å². The van der Waals surface area contributed by atoms with Crippen LogP contribution in [0.15, 0.2) is 12.2 Å². The highest BCUT2D eigenvalue weighted by atomic mass is 19.3. The van der Waals surface area contributed by atoms with Crippen molar-refractivity contribution in [3.63, 3.8) is 0 Å². The van der Waals surface area contributed by atoms with Gasteiger partial charge in [0.05, 0.1) is 13.2 Å². The molecule has 0 fully saturated rings. The first kappa shape index (κ1) is 10.5. The van der Waals surface area contributed by atoms with Crippen molar-refractivity contribution in [2.75, 3.05) is 13.2 Å². The largest absolute Gasteiger partial charge is 0.394 e. The van der Waals surface area contributed by atoms with E-state index in [4.69, 9.17) is 5.11 Å². The third kappa shape index (κ3) is 5.94. The van der Waals surface area contributed by atoms with Crippen molar-refractivity contribution in [3.8, 4) is 0 Å². The summed E-state index contributed by atoms with van der Waals surface area (Å²) in [6, 6.07) is -0.353. The van der Waals surface area contributed by atoms with Crippen LogP contribution in [0.1, 0.15) is 6.92 Å². The number of halogens is 2. The van der Waals surface area contributed by atoms with Gasteiger partial charge in [-0.1, -0.05) is 12.2 Å². The normalized spacial score (nSPS) is 14.6. The molecule has 1 atom stereocenters. The lowest BCUT2D eigenvalue weighted by Crippen LogP contribution is -2.34. The van der Waals surface area contributed by atoms with E-state index >= 15 is 0 Å². The van der Waals surface area contributed by atoms with Crippen molar-refractivity contribution in [2.45, 2.75) is 19.4 Å². The summed E-state index contributed by atoms with van der Waals surface area (Å²) in [7, 11) is 0. The van der Waals surface area contributed by atoms with Gasteiger partial charge in [-0.25, -0.2) is 8.78 Å². The monoisotopic (exact) mass is 165 g/mol. The van der Waals surface area contributed by atoms with E-state index in [1.165, 1.54) is 0 Å². The van der Waals surface area contributed by atoms with Gasteiger partial charge in [0.2, 0.25) is 0 Å². The highest BCUT2D eigenvalue weighted by Crippen LogP contribution is 1.91. The highest BCUT2D eigenvalue weighted by molar-refractivity contribution is 4.90. The molecule has 4 heteroatoms. The fourth-order valence-electron chi connectivity index (χ4n) is 0.666. The van der Waals surface area contributed by atoms with E-state index in [1.54, 1.807) is 19.1 Å². The first-order chi connectivity index (χ1) is 5.20. The second-order valence-electron chi connectivity index (χ2n) is 2.11. The van der Waals surface area contributed by atoms with Gasteiger partial charge in [-0.15, -0.1) is 0 Å². The molecule has 0 aliphatic rings. The molecule has 0 aliphatic carbocycles. The molecule has 0 aromatic heterocycles. The molecule has 0 aliphatic heterocycles. The van der Waals surface area contributed by atoms with Crippen LogP contribution >= 0.6 is 0 Å². The molecule has 0 spiro atoms. The van der Waals surface area contributed by atoms with E-state index < -0.39 is 6.43 Å². The summed E-state index contributed by atoms with van der Waals surface area (Å²) in [6.07, 6.45) is 0.983. The van der Waals surface area contributed by atoms with Crippen LogP contribution in [0.3, 0.4) is 0 Å². The van der Waals surface area contributed by atoms with Crippen LogP contribution in [0.4, 0.5) is 8.78 Å². The molecule has 2 N–H and O–H groups in total. The Morgan fingerprint density at radius 2 is 2.18 bits per heavy atom. The van der Waals surface area contributed by atoms with Gasteiger partial charge in [0, 0.05) is 6.04 Å². The Hall–Kier alpha value is -0.480. The van der Waals surface area contributed by atoms with Crippen LogP contribution in [0.25, 0.3) is 0 Å². The molecule has 0 saturated heterocycles. The molecular weight excluding hydrogens is 152 g/mol. The van der Waals surface area contributed by atoms with Gasteiger partial charge in [0.15, 0.2) is 0 Å². The van der Waals surface area contributed by atoms with Crippen LogP contribution in [-0.4, -0.2) is 30.7 Å². The zero-order chi connectivity index (χ0) is 8.69. The summed E-state index contributed by atoms with van der Waals surface area (Å²) >= 11 is 0. The van der Waals surface area contributed by atoms with E-state index in [0.717, 1.165) is 0 Å². The fraction of sp³-hybridized carbons (Fsp3) is 0.714. The number of hydrogen-bond donors (Lipinski definition) is 2. The second kappa shape index (κ2) is 6.24. The van der Waals surface area contributed by atoms with Crippen LogP contribution in [0.5, 0.6) is 0 Å². The highest BCUT2D eigenvalue weighted by Gasteiger charge is 2.05. The van der Waals surface area contributed by atoms with Crippen LogP contribution < -0.4 is 5.32 Å². The predicted molar refractivity (Wildman–Crippen MR) is 39.7 cm³/mol. The molecule has 0 heterocycles. The SMILES string of the molecule is CC=C[C@@H](CO)NCC(F)F. The average molecular weight is 165 g/mol. The molecule has 0 aromatic rings. The fourth-order valence-corrected chi connectivity index (χ4v) is 0.666. The Bertz CT molecular complexity index is 117. The molecule has 0 bridgehead atoms. The summed E-state index contributed by atoms with van der Waals surface area (Å²) in [4.78, 5) is 0. The lowest BCUT2D eigenvalue weighted by atomic mass is 10.3. The Morgan fingerprint density at radius 3 is 2.55 bits per heavy atom. The van der Waals surface area contributed by atoms with Gasteiger partial charge in [0.1, 0.15) is 0 Å². The van der Waals surface area contributed by atoms with Gasteiger partial charge in [0.25, 0.3) is 6.43 Å². The third-order valence-electron chi connectivity index (χ3n) is 1.16. The second-order valence-corrected chi connectivity index (χ2v) is 2.11. The number of aliphatic hydroxyl groups excluding tert-OH is 1. The smallest absolute Gasteiger partial charge is 0.250 e. The minimum Gasteiger partial charge on any atom is -0.394 e. The summed E-state index contributed by atoms with van der Waals surface area (Å²) in [5, 5.41) is 11.1. The number of alkyl halides is 2. The van der Waals surface area contributed by atoms with Crippen molar-refractivity contribution in [2.24, 2.45) is 0 Å². The Kier molecular flexibility index (Phi) is 5.97. The summed E-state index contributed by atoms with van der Waals surface area (Å²) < 4.78 is 23.2. The van der Waals surface area contributed by atoms with Crippen molar-refractivity contribution < 1.29 is 13.9 Å². The van der Waals surface area contributed by atoms with E-state index in [1.807, 2.05) is 0 Å². The van der Waals surface area contributed by atoms with E-state index in [-0.39, 0.29) is 19.2 Å². The van der Waals surface area contributed by atoms with Gasteiger partial charge in [-0.05, 0) is 6.92 Å². The third-order valence-corrected chi connectivity index (χ3v) is 1.16. The molecule has 0 unspecified atom stereocenters. The predicted octanol–water partition coefficient (Wildman–Crippen LogP) is 0.778. The lowest BCUT2D eigenvalue weighted by Gasteiger charge is -2.10. The van der Waals surface area contributed by atoms with E-state index in [2.05, 4.69) is 5.32 Å². The average Bonchev–Trinajstić information content (AvgIpc) is 1.97. The van der Waals surface area contributed by atoms with Crippen molar-refractivity contribution >= 4 is 0 Å². The first-order valence-electron chi connectivity index (χ1n) is 3.46. The number of aliphatic hydroxyl groups is 1. The number of nitrogens with one attached hydrogen (secondary N) is 1. The Balaban J connectivity index is 3.52. The van der Waals surface area contributed by atoms with Crippen LogP contribution in [0, 0.1) is 0 Å². The molecule has 66 valence electrons. The Labute approximate surface area is 64.9 Å². The summed E-state index contributed by atoms with van der Waals surface area (Å²) in [5.74, 6) is 0. The van der Waals surface area contributed by atoms with E-state index in [0.29, 0.717) is 0 Å². The van der Waals surface area contributed by atoms with Gasteiger partial charge in [-0.2, -0.15) is 0 Å². The van der Waals surface area contributed by atoms with Crippen molar-refractivity contribution in [1.29, 1.82) is 0 Å². The summed E-state index contributed by atoms with van der Waals surface area (Å²) in [5.41, 5.74) is 0. The maximum absolute atomic E-state index is 11.6. The van der Waals surface area contributed by atoms with Crippen LogP contribution in [0.2, 0.25) is 0 Å². The number of hydrogen-bond acceptors (Lipinski definition) is 2. The standard InChI is InChI=1S/C7H13F2NO/c1-2-3-6(5-11)10-4-7(8)9/h2-3,6-7,10-11H,4-5H2,1H3/t6-/m0/s1. The van der Waals surface area contributed by atoms with Crippen molar-refractivity contribution in [3.05, 3.63) is 12.2 Å². The topological polar surface area (TPSA) is 32.3 Å². The molecular formula is C7H13F2NO. The summed E-state index contributed by atoms with van der Waals surface area (Å²) in [6.45, 7) is 1.24. The molecule has 0 saturated carbocycles. The van der Waals surface area contributed by atoms with Crippen molar-refractivity contribution in [1.82, 2.24) is 5.32 Å². The maximum atomic E-state index is 11.6. The molecule has 2 nitrogen and oxygen atoms in total. The first-order valence-corrected chi connectivity index (χ1v) is 3.46. The van der Waals surface area contributed by atoms with Gasteiger partial charge < -0.3 is 10.4 Å². The zero-order valence-electron chi connectivity index (χ0n) is 6.43. The van der Waals surface area contributed by atoms with Gasteiger partial charge >= 0.3 is 0 Å². The lowest BCUT2D eigenvalue weighted by molar-refractivity contribution is 0.138. The minimum absolute atomic E-state index is 0.156. The zero-order valence-corrected chi connectivity index (χ0v) is 6.43. The van der Waals surface area contributed by atoms with E-state index in [9.17, 15) is 8.78 Å². The molecule has 0 radical (unpaired) electrons. The molecule has 0 aromatic carbocycles. The number of rotatable bonds is 5. The molecule has 0 rings (SSSR count). The Morgan fingerprint density at radius 1 is 1.55 bits per heavy atom. The number of allylic oxidation sites excluding steroid dienone is 1. The van der Waals surface area contributed by atoms with Gasteiger partial charge in [-0.3, -0.25) is 0 Å². The maximum Gasteiger partial charge on any atom is 0.250 e. The quantitative estimate of drug-likeness (QED) is 0.590. The molecule has 11 heavy (non-hydrogen) atoms.